The minimum absolute atomic E-state index is 0.105. The van der Waals surface area contributed by atoms with Crippen molar-refractivity contribution in [1.82, 2.24) is 19.6 Å². The monoisotopic (exact) mass is 281 g/mol. The number of para-hydroxylation sites is 1. The van der Waals surface area contributed by atoms with Crippen molar-refractivity contribution in [3.63, 3.8) is 0 Å². The number of aromatic amines is 1. The zero-order valence-electron chi connectivity index (χ0n) is 11.1. The van der Waals surface area contributed by atoms with Crippen LogP contribution in [0.3, 0.4) is 0 Å². The Morgan fingerprint density at radius 2 is 2.14 bits per heavy atom. The lowest BCUT2D eigenvalue weighted by Crippen LogP contribution is -2.13. The first-order valence-corrected chi connectivity index (χ1v) is 6.35. The van der Waals surface area contributed by atoms with Crippen molar-refractivity contribution in [2.24, 2.45) is 5.73 Å². The fourth-order valence-corrected chi connectivity index (χ4v) is 2.71. The van der Waals surface area contributed by atoms with E-state index in [0.717, 1.165) is 10.8 Å². The van der Waals surface area contributed by atoms with Gasteiger partial charge >= 0.3 is 0 Å². The van der Waals surface area contributed by atoms with Gasteiger partial charge in [0.05, 0.1) is 22.0 Å². The number of rotatable bonds is 1. The van der Waals surface area contributed by atoms with Gasteiger partial charge in [0.1, 0.15) is 11.6 Å². The summed E-state index contributed by atoms with van der Waals surface area (Å²) in [5.74, 6) is 0.207. The van der Waals surface area contributed by atoms with Crippen molar-refractivity contribution >= 4 is 33.4 Å². The zero-order chi connectivity index (χ0) is 14.7. The average molecular weight is 281 g/mol. The van der Waals surface area contributed by atoms with Crippen LogP contribution in [0.5, 0.6) is 5.75 Å². The number of benzene rings is 1. The van der Waals surface area contributed by atoms with Crippen molar-refractivity contribution in [2.45, 2.75) is 6.92 Å². The molecule has 0 saturated heterocycles. The van der Waals surface area contributed by atoms with Gasteiger partial charge in [-0.2, -0.15) is 0 Å². The summed E-state index contributed by atoms with van der Waals surface area (Å²) in [6, 6.07) is 5.16. The molecule has 3 aromatic heterocycles. The van der Waals surface area contributed by atoms with E-state index in [-0.39, 0.29) is 5.75 Å². The van der Waals surface area contributed by atoms with Gasteiger partial charge in [-0.25, -0.2) is 0 Å². The molecule has 0 unspecified atom stereocenters. The maximum Gasteiger partial charge on any atom is 0.252 e. The number of nitrogens with zero attached hydrogens (tertiary/aromatic N) is 3. The minimum Gasteiger partial charge on any atom is -0.506 e. The topological polar surface area (TPSA) is 109 Å². The molecule has 0 radical (unpaired) electrons. The summed E-state index contributed by atoms with van der Waals surface area (Å²) >= 11 is 0. The molecule has 7 heteroatoms. The van der Waals surface area contributed by atoms with Gasteiger partial charge in [0.2, 0.25) is 0 Å². The highest BCUT2D eigenvalue weighted by Gasteiger charge is 2.19. The lowest BCUT2D eigenvalue weighted by molar-refractivity contribution is 0.100. The Balaban J connectivity index is 2.38. The molecule has 1 aromatic carbocycles. The Morgan fingerprint density at radius 1 is 1.33 bits per heavy atom. The molecule has 0 aliphatic heterocycles. The van der Waals surface area contributed by atoms with Gasteiger partial charge in [-0.15, -0.1) is 10.2 Å². The Bertz CT molecular complexity index is 1040. The number of pyridine rings is 1. The number of hydrogen-bond donors (Lipinski definition) is 3. The van der Waals surface area contributed by atoms with Gasteiger partial charge in [-0.3, -0.25) is 9.20 Å². The molecule has 0 bridgehead atoms. The molecule has 1 amide bonds. The fourth-order valence-electron chi connectivity index (χ4n) is 2.71. The first-order chi connectivity index (χ1) is 10.1. The molecule has 104 valence electrons. The van der Waals surface area contributed by atoms with Gasteiger partial charge in [-0.1, -0.05) is 12.1 Å². The van der Waals surface area contributed by atoms with Crippen LogP contribution in [0.15, 0.2) is 24.4 Å². The number of nitrogens with one attached hydrogen (secondary N) is 1. The maximum absolute atomic E-state index is 11.7. The molecule has 0 saturated carbocycles. The highest BCUT2D eigenvalue weighted by atomic mass is 16.3. The lowest BCUT2D eigenvalue weighted by Gasteiger charge is -2.02. The molecule has 0 spiro atoms. The van der Waals surface area contributed by atoms with Gasteiger partial charge < -0.3 is 15.8 Å². The summed E-state index contributed by atoms with van der Waals surface area (Å²) in [5, 5.41) is 19.7. The van der Waals surface area contributed by atoms with Gasteiger partial charge in [0.15, 0.2) is 5.65 Å². The first kappa shape index (κ1) is 11.7. The third kappa shape index (κ3) is 1.40. The summed E-state index contributed by atoms with van der Waals surface area (Å²) in [7, 11) is 0. The number of amides is 1. The molecule has 21 heavy (non-hydrogen) atoms. The molecule has 0 atom stereocenters. The van der Waals surface area contributed by atoms with Crippen LogP contribution in [0.25, 0.3) is 27.5 Å². The number of H-pyrrole nitrogens is 1. The number of hydrogen-bond acceptors (Lipinski definition) is 4. The van der Waals surface area contributed by atoms with Crippen molar-refractivity contribution in [3.8, 4) is 5.75 Å². The quantitative estimate of drug-likeness (QED) is 0.491. The summed E-state index contributed by atoms with van der Waals surface area (Å²) in [5.41, 5.74) is 7.52. The predicted molar refractivity (Wildman–Crippen MR) is 77.3 cm³/mol. The summed E-state index contributed by atoms with van der Waals surface area (Å²) in [4.78, 5) is 14.8. The number of carbonyl (C=O) groups is 1. The second kappa shape index (κ2) is 3.72. The maximum atomic E-state index is 11.7. The molecule has 0 aliphatic rings. The molecule has 4 N–H and O–H groups in total. The normalized spacial score (nSPS) is 11.7. The first-order valence-electron chi connectivity index (χ1n) is 6.35. The molecule has 7 nitrogen and oxygen atoms in total. The summed E-state index contributed by atoms with van der Waals surface area (Å²) < 4.78 is 1.72. The molecule has 4 aromatic rings. The number of fused-ring (bicyclic) bond motifs is 5. The van der Waals surface area contributed by atoms with E-state index in [1.165, 1.54) is 0 Å². The van der Waals surface area contributed by atoms with Crippen LogP contribution in [0.2, 0.25) is 0 Å². The highest BCUT2D eigenvalue weighted by Crippen LogP contribution is 2.34. The number of carbonyl (C=O) groups excluding carboxylic acids is 1. The van der Waals surface area contributed by atoms with Crippen LogP contribution in [0.4, 0.5) is 0 Å². The lowest BCUT2D eigenvalue weighted by atomic mass is 10.1. The van der Waals surface area contributed by atoms with Crippen molar-refractivity contribution in [1.29, 1.82) is 0 Å². The van der Waals surface area contributed by atoms with Gasteiger partial charge in [0.25, 0.3) is 5.91 Å². The fraction of sp³-hybridized carbons (Fsp3) is 0.0714. The molecular formula is C14H11N5O2. The van der Waals surface area contributed by atoms with E-state index in [0.29, 0.717) is 28.1 Å². The number of aryl methyl sites for hydroxylation is 1. The Hall–Kier alpha value is -3.09. The van der Waals surface area contributed by atoms with E-state index in [2.05, 4.69) is 15.2 Å². The van der Waals surface area contributed by atoms with Crippen LogP contribution in [0, 0.1) is 6.92 Å². The average Bonchev–Trinajstić information content (AvgIpc) is 3.00. The molecule has 4 rings (SSSR count). The number of phenolic OH excluding ortho intramolecular Hbond substituents is 1. The number of aromatic nitrogens is 4. The minimum atomic E-state index is -0.555. The molecular weight excluding hydrogens is 270 g/mol. The van der Waals surface area contributed by atoms with Gasteiger partial charge in [0, 0.05) is 11.6 Å². The molecule has 0 aliphatic carbocycles. The van der Waals surface area contributed by atoms with Crippen molar-refractivity contribution in [3.05, 3.63) is 35.8 Å². The summed E-state index contributed by atoms with van der Waals surface area (Å²) in [6.45, 7) is 1.79. The number of phenols is 1. The standard InChI is InChI=1S/C14H11N5O2/c1-6-17-18-14-10-7-3-2-4-9(20)11(7)16-12(10)8(13(15)21)5-19(6)14/h2-5,16,20H,1H3,(H2,15,21). The highest BCUT2D eigenvalue weighted by molar-refractivity contribution is 6.20. The van der Waals surface area contributed by atoms with Crippen molar-refractivity contribution in [2.75, 3.05) is 0 Å². The number of primary amides is 1. The van der Waals surface area contributed by atoms with Crippen LogP contribution >= 0.6 is 0 Å². The second-order valence-corrected chi connectivity index (χ2v) is 4.92. The van der Waals surface area contributed by atoms with Gasteiger partial charge in [-0.05, 0) is 13.0 Å². The Morgan fingerprint density at radius 3 is 2.90 bits per heavy atom. The Kier molecular flexibility index (Phi) is 2.08. The van der Waals surface area contributed by atoms with Crippen LogP contribution in [-0.2, 0) is 0 Å². The SMILES string of the molecule is Cc1nnc2c3c([nH]c4c(O)cccc43)c(C(N)=O)cn12. The third-order valence-corrected chi connectivity index (χ3v) is 3.69. The Labute approximate surface area is 118 Å². The van der Waals surface area contributed by atoms with Crippen LogP contribution < -0.4 is 5.73 Å². The van der Waals surface area contributed by atoms with E-state index in [4.69, 9.17) is 5.73 Å². The predicted octanol–water partition coefficient (Wildman–Crippen LogP) is 1.48. The van der Waals surface area contributed by atoms with E-state index in [1.807, 2.05) is 6.07 Å². The molecule has 0 fully saturated rings. The number of aromatic hydroxyl groups is 1. The van der Waals surface area contributed by atoms with E-state index >= 15 is 0 Å². The largest absolute Gasteiger partial charge is 0.506 e. The van der Waals surface area contributed by atoms with Crippen molar-refractivity contribution < 1.29 is 9.90 Å². The smallest absolute Gasteiger partial charge is 0.252 e. The van der Waals surface area contributed by atoms with Crippen LogP contribution in [-0.4, -0.2) is 30.6 Å². The molecule has 3 heterocycles. The second-order valence-electron chi connectivity index (χ2n) is 4.92. The van der Waals surface area contributed by atoms with E-state index in [1.54, 1.807) is 29.7 Å². The van der Waals surface area contributed by atoms with E-state index < -0.39 is 5.91 Å². The van der Waals surface area contributed by atoms with Crippen LogP contribution in [0.1, 0.15) is 16.2 Å². The third-order valence-electron chi connectivity index (χ3n) is 3.69. The number of nitrogens with two attached hydrogens (primary N) is 1. The van der Waals surface area contributed by atoms with E-state index in [9.17, 15) is 9.90 Å². The summed E-state index contributed by atoms with van der Waals surface area (Å²) in [6.07, 6.45) is 1.61. The zero-order valence-corrected chi connectivity index (χ0v) is 11.1.